The number of carbonyl (C=O) groups excluding carboxylic acids is 3. The summed E-state index contributed by atoms with van der Waals surface area (Å²) in [5.74, 6) is -1.35. The minimum Gasteiger partial charge on any atom is -0.486 e. The Balaban J connectivity index is 1.43. The average Bonchev–Trinajstić information content (AvgIpc) is 3.08. The lowest BCUT2D eigenvalue weighted by Gasteiger charge is -2.12. The molecule has 10 heteroatoms. The highest BCUT2D eigenvalue weighted by Crippen LogP contribution is 2.37. The number of anilines is 1. The van der Waals surface area contributed by atoms with Gasteiger partial charge in [0.2, 0.25) is 5.91 Å². The molecule has 0 unspecified atom stereocenters. The Bertz CT molecular complexity index is 1290. The molecule has 3 aromatic carbocycles. The van der Waals surface area contributed by atoms with Crippen LogP contribution in [0.25, 0.3) is 6.08 Å². The first-order valence-electron chi connectivity index (χ1n) is 10.3. The Morgan fingerprint density at radius 1 is 1.03 bits per heavy atom. The highest BCUT2D eigenvalue weighted by molar-refractivity contribution is 8.18. The Morgan fingerprint density at radius 3 is 2.34 bits per heavy atom. The molecular formula is C25H17Cl2FN2O4S. The summed E-state index contributed by atoms with van der Waals surface area (Å²) < 4.78 is 18.8. The number of benzene rings is 3. The summed E-state index contributed by atoms with van der Waals surface area (Å²) in [6.07, 6.45) is 1.47. The third-order valence-electron chi connectivity index (χ3n) is 4.85. The number of imide groups is 1. The summed E-state index contributed by atoms with van der Waals surface area (Å²) in [5.41, 5.74) is 1.78. The predicted molar refractivity (Wildman–Crippen MR) is 135 cm³/mol. The predicted octanol–water partition coefficient (Wildman–Crippen LogP) is 6.39. The number of rotatable bonds is 7. The van der Waals surface area contributed by atoms with E-state index in [1.165, 1.54) is 30.3 Å². The topological polar surface area (TPSA) is 75.7 Å². The Labute approximate surface area is 214 Å². The summed E-state index contributed by atoms with van der Waals surface area (Å²) in [4.78, 5) is 38.3. The van der Waals surface area contributed by atoms with Crippen LogP contribution in [0.1, 0.15) is 11.1 Å². The van der Waals surface area contributed by atoms with Gasteiger partial charge < -0.3 is 10.1 Å². The number of hydrogen-bond donors (Lipinski definition) is 1. The molecule has 3 aromatic rings. The van der Waals surface area contributed by atoms with E-state index in [1.807, 2.05) is 30.3 Å². The van der Waals surface area contributed by atoms with Crippen LogP contribution in [0.5, 0.6) is 5.75 Å². The molecule has 0 radical (unpaired) electrons. The van der Waals surface area contributed by atoms with E-state index in [4.69, 9.17) is 27.9 Å². The second-order valence-electron chi connectivity index (χ2n) is 7.41. The summed E-state index contributed by atoms with van der Waals surface area (Å²) in [6.45, 7) is -0.203. The fourth-order valence-electron chi connectivity index (χ4n) is 3.20. The van der Waals surface area contributed by atoms with Crippen molar-refractivity contribution in [3.8, 4) is 5.75 Å². The van der Waals surface area contributed by atoms with Crippen molar-refractivity contribution in [3.63, 3.8) is 0 Å². The van der Waals surface area contributed by atoms with E-state index in [0.717, 1.165) is 10.5 Å². The molecule has 3 amide bonds. The smallest absolute Gasteiger partial charge is 0.294 e. The van der Waals surface area contributed by atoms with Crippen molar-refractivity contribution in [3.05, 3.63) is 98.6 Å². The molecular weight excluding hydrogens is 514 g/mol. The van der Waals surface area contributed by atoms with E-state index in [2.05, 4.69) is 5.32 Å². The standard InChI is InChI=1S/C25H17Cl2FN2O4S/c26-19-10-16(11-20(27)23(19)34-14-15-4-2-1-3-5-15)12-21-24(32)30(25(33)35-21)13-22(31)29-18-8-6-17(28)7-9-18/h1-12H,13-14H2,(H,29,31)/b21-12-. The molecule has 1 fully saturated rings. The van der Waals surface area contributed by atoms with Crippen LogP contribution in [-0.4, -0.2) is 28.5 Å². The van der Waals surface area contributed by atoms with Crippen LogP contribution in [0.3, 0.4) is 0 Å². The largest absolute Gasteiger partial charge is 0.486 e. The lowest BCUT2D eigenvalue weighted by molar-refractivity contribution is -0.127. The van der Waals surface area contributed by atoms with Gasteiger partial charge in [0.25, 0.3) is 11.1 Å². The number of thioether (sulfide) groups is 1. The minimum atomic E-state index is -0.620. The average molecular weight is 531 g/mol. The fourth-order valence-corrected chi connectivity index (χ4v) is 4.65. The van der Waals surface area contributed by atoms with Crippen molar-refractivity contribution in [1.29, 1.82) is 0 Å². The molecule has 0 aromatic heterocycles. The van der Waals surface area contributed by atoms with Crippen molar-refractivity contribution in [2.75, 3.05) is 11.9 Å². The van der Waals surface area contributed by atoms with Crippen molar-refractivity contribution >= 4 is 63.8 Å². The van der Waals surface area contributed by atoms with Crippen LogP contribution in [0.15, 0.2) is 71.6 Å². The Morgan fingerprint density at radius 2 is 1.69 bits per heavy atom. The maximum absolute atomic E-state index is 13.0. The van der Waals surface area contributed by atoms with Crippen molar-refractivity contribution in [1.82, 2.24) is 4.90 Å². The molecule has 1 heterocycles. The summed E-state index contributed by atoms with van der Waals surface area (Å²) in [6, 6.07) is 17.8. The molecule has 0 aliphatic carbocycles. The highest BCUT2D eigenvalue weighted by atomic mass is 35.5. The Kier molecular flexibility index (Phi) is 7.75. The van der Waals surface area contributed by atoms with Crippen LogP contribution < -0.4 is 10.1 Å². The van der Waals surface area contributed by atoms with Gasteiger partial charge in [-0.05, 0) is 65.4 Å². The van der Waals surface area contributed by atoms with Crippen molar-refractivity contribution in [2.45, 2.75) is 6.61 Å². The number of amides is 3. The molecule has 1 N–H and O–H groups in total. The van der Waals surface area contributed by atoms with Gasteiger partial charge in [-0.3, -0.25) is 19.3 Å². The summed E-state index contributed by atoms with van der Waals surface area (Å²) in [7, 11) is 0. The molecule has 0 bridgehead atoms. The molecule has 6 nitrogen and oxygen atoms in total. The number of carbonyl (C=O) groups is 3. The van der Waals surface area contributed by atoms with E-state index in [9.17, 15) is 18.8 Å². The minimum absolute atomic E-state index is 0.120. The van der Waals surface area contributed by atoms with E-state index in [-0.39, 0.29) is 21.6 Å². The number of ether oxygens (including phenoxy) is 1. The number of halogens is 3. The second-order valence-corrected chi connectivity index (χ2v) is 9.22. The zero-order chi connectivity index (χ0) is 24.9. The third kappa shape index (κ3) is 6.22. The van der Waals surface area contributed by atoms with Gasteiger partial charge in [-0.15, -0.1) is 0 Å². The molecule has 178 valence electrons. The van der Waals surface area contributed by atoms with Gasteiger partial charge in [0, 0.05) is 5.69 Å². The zero-order valence-electron chi connectivity index (χ0n) is 18.0. The highest BCUT2D eigenvalue weighted by Gasteiger charge is 2.36. The van der Waals surface area contributed by atoms with Gasteiger partial charge in [0.05, 0.1) is 15.0 Å². The van der Waals surface area contributed by atoms with E-state index >= 15 is 0 Å². The molecule has 4 rings (SSSR count). The van der Waals surface area contributed by atoms with Gasteiger partial charge in [-0.25, -0.2) is 4.39 Å². The lowest BCUT2D eigenvalue weighted by atomic mass is 10.2. The quantitative estimate of drug-likeness (QED) is 0.358. The second kappa shape index (κ2) is 10.9. The van der Waals surface area contributed by atoms with Crippen LogP contribution in [0.2, 0.25) is 10.0 Å². The number of nitrogens with one attached hydrogen (secondary N) is 1. The SMILES string of the molecule is O=C(CN1C(=O)S/C(=C\c2cc(Cl)c(OCc3ccccc3)c(Cl)c2)C1=O)Nc1ccc(F)cc1. The number of nitrogens with zero attached hydrogens (tertiary/aromatic N) is 1. The Hall–Kier alpha value is -3.33. The van der Waals surface area contributed by atoms with Crippen LogP contribution in [-0.2, 0) is 16.2 Å². The van der Waals surface area contributed by atoms with Gasteiger partial charge in [0.1, 0.15) is 19.0 Å². The molecule has 1 saturated heterocycles. The fraction of sp³-hybridized carbons (Fsp3) is 0.0800. The monoisotopic (exact) mass is 530 g/mol. The third-order valence-corrected chi connectivity index (χ3v) is 6.32. The van der Waals surface area contributed by atoms with Crippen molar-refractivity contribution in [2.24, 2.45) is 0 Å². The molecule has 35 heavy (non-hydrogen) atoms. The molecule has 1 aliphatic heterocycles. The van der Waals surface area contributed by atoms with Gasteiger partial charge in [-0.2, -0.15) is 0 Å². The molecule has 0 saturated carbocycles. The van der Waals surface area contributed by atoms with Gasteiger partial charge in [-0.1, -0.05) is 53.5 Å². The maximum Gasteiger partial charge on any atom is 0.294 e. The first kappa shape index (κ1) is 24.8. The van der Waals surface area contributed by atoms with Crippen molar-refractivity contribution < 1.29 is 23.5 Å². The zero-order valence-corrected chi connectivity index (χ0v) is 20.3. The maximum atomic E-state index is 13.0. The van der Waals surface area contributed by atoms with Crippen LogP contribution in [0, 0.1) is 5.82 Å². The van der Waals surface area contributed by atoms with E-state index < -0.39 is 29.4 Å². The van der Waals surface area contributed by atoms with Crippen LogP contribution in [0.4, 0.5) is 14.9 Å². The summed E-state index contributed by atoms with van der Waals surface area (Å²) in [5, 5.41) is 2.43. The molecule has 0 atom stereocenters. The van der Waals surface area contributed by atoms with Crippen LogP contribution >= 0.6 is 35.0 Å². The lowest BCUT2D eigenvalue weighted by Crippen LogP contribution is -2.36. The first-order valence-corrected chi connectivity index (χ1v) is 11.8. The van der Waals surface area contributed by atoms with Gasteiger partial charge in [0.15, 0.2) is 5.75 Å². The summed E-state index contributed by atoms with van der Waals surface area (Å²) >= 11 is 13.4. The van der Waals surface area contributed by atoms with Gasteiger partial charge >= 0.3 is 0 Å². The first-order chi connectivity index (χ1) is 16.8. The number of hydrogen-bond acceptors (Lipinski definition) is 5. The van der Waals surface area contributed by atoms with E-state index in [1.54, 1.807) is 12.1 Å². The van der Waals surface area contributed by atoms with E-state index in [0.29, 0.717) is 28.8 Å². The molecule has 1 aliphatic rings. The normalized spacial score (nSPS) is 14.5. The molecule has 0 spiro atoms.